The summed E-state index contributed by atoms with van der Waals surface area (Å²) in [6.07, 6.45) is 2.76. The van der Waals surface area contributed by atoms with Crippen molar-refractivity contribution in [2.75, 3.05) is 25.2 Å². The van der Waals surface area contributed by atoms with Crippen LogP contribution in [0.2, 0.25) is 0 Å². The van der Waals surface area contributed by atoms with Gasteiger partial charge in [-0.25, -0.2) is 13.1 Å². The van der Waals surface area contributed by atoms with Gasteiger partial charge in [-0.2, -0.15) is 11.8 Å². The fourth-order valence-corrected chi connectivity index (χ4v) is 3.83. The van der Waals surface area contributed by atoms with Gasteiger partial charge in [-0.3, -0.25) is 0 Å². The molecule has 0 aliphatic carbocycles. The highest BCUT2D eigenvalue weighted by atomic mass is 32.2. The molecule has 2 N–H and O–H groups in total. The second kappa shape index (κ2) is 8.19. The van der Waals surface area contributed by atoms with Gasteiger partial charge in [0, 0.05) is 12.3 Å². The molecule has 0 heterocycles. The molecule has 0 radical (unpaired) electrons. The van der Waals surface area contributed by atoms with E-state index in [-0.39, 0.29) is 11.4 Å². The summed E-state index contributed by atoms with van der Waals surface area (Å²) in [5, 5.41) is 10.1. The molecule has 1 rings (SSSR count). The molecular weight excluding hydrogens is 322 g/mol. The summed E-state index contributed by atoms with van der Waals surface area (Å²) in [4.78, 5) is 0.175. The second-order valence-electron chi connectivity index (χ2n) is 5.53. The predicted octanol–water partition coefficient (Wildman–Crippen LogP) is 2.18. The van der Waals surface area contributed by atoms with Crippen LogP contribution in [0.25, 0.3) is 0 Å². The van der Waals surface area contributed by atoms with Gasteiger partial charge in [0.05, 0.1) is 17.1 Å². The molecule has 7 heteroatoms. The van der Waals surface area contributed by atoms with Gasteiger partial charge >= 0.3 is 0 Å². The molecule has 0 amide bonds. The molecule has 0 aliphatic heterocycles. The quantitative estimate of drug-likeness (QED) is 0.716. The van der Waals surface area contributed by atoms with Crippen LogP contribution in [0.4, 0.5) is 0 Å². The first kappa shape index (κ1) is 19.3. The molecule has 1 aromatic carbocycles. The summed E-state index contributed by atoms with van der Waals surface area (Å²) in [5.74, 6) is 1.15. The van der Waals surface area contributed by atoms with Crippen molar-refractivity contribution in [2.45, 2.75) is 37.7 Å². The zero-order valence-corrected chi connectivity index (χ0v) is 15.2. The highest BCUT2D eigenvalue weighted by Gasteiger charge is 2.24. The van der Waals surface area contributed by atoms with E-state index in [0.29, 0.717) is 18.1 Å². The third kappa shape index (κ3) is 5.79. The summed E-state index contributed by atoms with van der Waals surface area (Å²) < 4.78 is 32.6. The standard InChI is InChI=1S/C15H25NO4S2/c1-5-8-20-14-7-6-13(9-12(14)2)22(18,19)16-10-15(3,17)11-21-4/h6-7,9,16-17H,5,8,10-11H2,1-4H3. The number of hydrogen-bond acceptors (Lipinski definition) is 5. The molecule has 1 unspecified atom stereocenters. The first-order valence-corrected chi connectivity index (χ1v) is 10.0. The average molecular weight is 348 g/mol. The Kier molecular flexibility index (Phi) is 7.18. The molecule has 0 spiro atoms. The molecule has 0 aliphatic rings. The Morgan fingerprint density at radius 3 is 2.64 bits per heavy atom. The van der Waals surface area contributed by atoms with E-state index in [1.165, 1.54) is 17.8 Å². The van der Waals surface area contributed by atoms with Crippen molar-refractivity contribution in [1.82, 2.24) is 4.72 Å². The Labute approximate surface area is 137 Å². The fourth-order valence-electron chi connectivity index (χ4n) is 1.86. The molecule has 5 nitrogen and oxygen atoms in total. The maximum Gasteiger partial charge on any atom is 0.240 e. The summed E-state index contributed by atoms with van der Waals surface area (Å²) in [5.41, 5.74) is -0.307. The van der Waals surface area contributed by atoms with E-state index in [2.05, 4.69) is 4.72 Å². The topological polar surface area (TPSA) is 75.6 Å². The molecule has 1 atom stereocenters. The Morgan fingerprint density at radius 1 is 1.41 bits per heavy atom. The molecular formula is C15H25NO4S2. The summed E-state index contributed by atoms with van der Waals surface area (Å²) in [6.45, 7) is 6.01. The first-order chi connectivity index (χ1) is 10.2. The molecule has 0 fully saturated rings. The maximum atomic E-state index is 12.3. The van der Waals surface area contributed by atoms with Crippen LogP contribution < -0.4 is 9.46 Å². The minimum Gasteiger partial charge on any atom is -0.493 e. The van der Waals surface area contributed by atoms with Gasteiger partial charge in [0.2, 0.25) is 10.0 Å². The lowest BCUT2D eigenvalue weighted by Crippen LogP contribution is -2.42. The number of aliphatic hydroxyl groups is 1. The van der Waals surface area contributed by atoms with Crippen LogP contribution in [0.5, 0.6) is 5.75 Å². The Hall–Kier alpha value is -0.760. The maximum absolute atomic E-state index is 12.3. The van der Waals surface area contributed by atoms with Gasteiger partial charge < -0.3 is 9.84 Å². The molecule has 1 aromatic rings. The van der Waals surface area contributed by atoms with E-state index in [4.69, 9.17) is 4.74 Å². The number of benzene rings is 1. The molecule has 0 saturated carbocycles. The molecule has 0 saturated heterocycles. The zero-order chi connectivity index (χ0) is 16.8. The number of nitrogens with one attached hydrogen (secondary N) is 1. The fraction of sp³-hybridized carbons (Fsp3) is 0.600. The van der Waals surface area contributed by atoms with Crippen molar-refractivity contribution in [3.8, 4) is 5.75 Å². The van der Waals surface area contributed by atoms with Gasteiger partial charge in [-0.05, 0) is 50.3 Å². The van der Waals surface area contributed by atoms with Crippen LogP contribution in [0.1, 0.15) is 25.8 Å². The molecule has 126 valence electrons. The number of thioether (sulfide) groups is 1. The lowest BCUT2D eigenvalue weighted by atomic mass is 10.1. The Balaban J connectivity index is 2.83. The van der Waals surface area contributed by atoms with E-state index in [1.807, 2.05) is 20.1 Å². The van der Waals surface area contributed by atoms with Crippen molar-refractivity contribution in [1.29, 1.82) is 0 Å². The van der Waals surface area contributed by atoms with Gasteiger partial charge in [-0.1, -0.05) is 6.92 Å². The van der Waals surface area contributed by atoms with Crippen LogP contribution in [-0.2, 0) is 10.0 Å². The lowest BCUT2D eigenvalue weighted by Gasteiger charge is -2.22. The molecule has 0 bridgehead atoms. The summed E-state index contributed by atoms with van der Waals surface area (Å²) in [6, 6.07) is 4.76. The monoisotopic (exact) mass is 347 g/mol. The molecule has 0 aromatic heterocycles. The predicted molar refractivity (Wildman–Crippen MR) is 91.2 cm³/mol. The largest absolute Gasteiger partial charge is 0.493 e. The summed E-state index contributed by atoms with van der Waals surface area (Å²) in [7, 11) is -3.65. The summed E-state index contributed by atoms with van der Waals surface area (Å²) >= 11 is 1.47. The Morgan fingerprint density at radius 2 is 2.09 bits per heavy atom. The van der Waals surface area contributed by atoms with E-state index >= 15 is 0 Å². The van der Waals surface area contributed by atoms with Gasteiger partial charge in [-0.15, -0.1) is 0 Å². The average Bonchev–Trinajstić information content (AvgIpc) is 2.44. The van der Waals surface area contributed by atoms with Crippen LogP contribution in [0.3, 0.4) is 0 Å². The van der Waals surface area contributed by atoms with E-state index in [9.17, 15) is 13.5 Å². The van der Waals surface area contributed by atoms with E-state index in [1.54, 1.807) is 19.1 Å². The van der Waals surface area contributed by atoms with Crippen LogP contribution in [-0.4, -0.2) is 44.3 Å². The number of aryl methyl sites for hydroxylation is 1. The smallest absolute Gasteiger partial charge is 0.240 e. The van der Waals surface area contributed by atoms with Crippen molar-refractivity contribution in [2.24, 2.45) is 0 Å². The third-order valence-electron chi connectivity index (χ3n) is 3.02. The van der Waals surface area contributed by atoms with Gasteiger partial charge in [0.1, 0.15) is 5.75 Å². The number of rotatable bonds is 9. The normalized spacial score (nSPS) is 14.6. The minimum absolute atomic E-state index is 0.0245. The highest BCUT2D eigenvalue weighted by Crippen LogP contribution is 2.22. The SMILES string of the molecule is CCCOc1ccc(S(=O)(=O)NCC(C)(O)CSC)cc1C. The van der Waals surface area contributed by atoms with Crippen molar-refractivity contribution < 1.29 is 18.3 Å². The van der Waals surface area contributed by atoms with E-state index < -0.39 is 15.6 Å². The number of ether oxygens (including phenoxy) is 1. The van der Waals surface area contributed by atoms with Crippen LogP contribution in [0.15, 0.2) is 23.1 Å². The number of sulfonamides is 1. The van der Waals surface area contributed by atoms with Crippen LogP contribution >= 0.6 is 11.8 Å². The third-order valence-corrected chi connectivity index (χ3v) is 5.33. The van der Waals surface area contributed by atoms with Gasteiger partial charge in [0.15, 0.2) is 0 Å². The molecule has 22 heavy (non-hydrogen) atoms. The number of hydrogen-bond donors (Lipinski definition) is 2. The van der Waals surface area contributed by atoms with E-state index in [0.717, 1.165) is 12.0 Å². The highest BCUT2D eigenvalue weighted by molar-refractivity contribution is 7.98. The van der Waals surface area contributed by atoms with Crippen molar-refractivity contribution in [3.63, 3.8) is 0 Å². The Bertz CT molecular complexity index is 585. The van der Waals surface area contributed by atoms with Crippen molar-refractivity contribution in [3.05, 3.63) is 23.8 Å². The van der Waals surface area contributed by atoms with Gasteiger partial charge in [0.25, 0.3) is 0 Å². The van der Waals surface area contributed by atoms with Crippen molar-refractivity contribution >= 4 is 21.8 Å². The first-order valence-electron chi connectivity index (χ1n) is 7.16. The minimum atomic E-state index is -3.65. The second-order valence-corrected chi connectivity index (χ2v) is 8.16. The van der Waals surface area contributed by atoms with Crippen LogP contribution in [0, 0.1) is 6.92 Å². The zero-order valence-electron chi connectivity index (χ0n) is 13.5. The lowest BCUT2D eigenvalue weighted by molar-refractivity contribution is 0.0908.